The van der Waals surface area contributed by atoms with Crippen LogP contribution < -0.4 is 4.74 Å². The molecule has 0 radical (unpaired) electrons. The van der Waals surface area contributed by atoms with Crippen molar-refractivity contribution in [2.45, 2.75) is 41.1 Å². The zero-order valence-electron chi connectivity index (χ0n) is 19.8. The molecule has 0 amide bonds. The average Bonchev–Trinajstić information content (AvgIpc) is 3.44. The first-order valence-corrected chi connectivity index (χ1v) is 13.1. The van der Waals surface area contributed by atoms with Crippen LogP contribution in [-0.2, 0) is 0 Å². The predicted octanol–water partition coefficient (Wildman–Crippen LogP) is 8.61. The van der Waals surface area contributed by atoms with Gasteiger partial charge in [0.15, 0.2) is 0 Å². The first-order chi connectivity index (χ1) is 17.3. The highest BCUT2D eigenvalue weighted by atomic mass is 32.2. The first-order valence-electron chi connectivity index (χ1n) is 11.4. The lowest BCUT2D eigenvalue weighted by Gasteiger charge is -2.47. The van der Waals surface area contributed by atoms with Gasteiger partial charge in [0, 0.05) is 21.0 Å². The summed E-state index contributed by atoms with van der Waals surface area (Å²) in [5.74, 6) is -15.1. The summed E-state index contributed by atoms with van der Waals surface area (Å²) in [7, 11) is 1.49. The molecule has 2 aliphatic heterocycles. The molecule has 0 aromatic heterocycles. The van der Waals surface area contributed by atoms with E-state index in [0.29, 0.717) is 26.7 Å². The lowest BCUT2D eigenvalue weighted by Crippen LogP contribution is -2.48. The smallest absolute Gasteiger partial charge is 0.380 e. The maximum atomic E-state index is 15.4. The second kappa shape index (κ2) is 7.53. The standard InChI is InChI=1S/C28H20F6OS2/c1-24-18(13-20(36-24)15-8-5-4-6-9-15)22-23(27(31,32)28(33,34)26(22,29)30)19-14-21(37-25(19,24)2)16-10-7-11-17(12-16)35-3/h4-14H,1-3H3. The van der Waals surface area contributed by atoms with Crippen LogP contribution in [0.5, 0.6) is 5.75 Å². The fourth-order valence-electron chi connectivity index (χ4n) is 5.57. The average molecular weight is 551 g/mol. The normalized spacial score (nSPS) is 30.5. The number of hydrogen-bond donors (Lipinski definition) is 0. The van der Waals surface area contributed by atoms with Crippen LogP contribution in [0.4, 0.5) is 26.3 Å². The lowest BCUT2D eigenvalue weighted by molar-refractivity contribution is -0.258. The van der Waals surface area contributed by atoms with Crippen molar-refractivity contribution in [3.05, 3.63) is 100 Å². The maximum absolute atomic E-state index is 15.4. The molecule has 1 fully saturated rings. The SMILES string of the molecule is COc1cccc(C2=CC3=C4C(=C5C=C(c6ccccc6)SC5(C)C3(C)S2)C(F)(F)C(F)(F)C4(F)F)c1. The number of methoxy groups -OCH3 is 1. The van der Waals surface area contributed by atoms with Gasteiger partial charge in [-0.3, -0.25) is 0 Å². The van der Waals surface area contributed by atoms with Gasteiger partial charge in [-0.05, 0) is 60.4 Å². The van der Waals surface area contributed by atoms with Gasteiger partial charge in [-0.2, -0.15) is 26.3 Å². The van der Waals surface area contributed by atoms with E-state index in [0.717, 1.165) is 0 Å². The predicted molar refractivity (Wildman–Crippen MR) is 136 cm³/mol. The number of thioether (sulfide) groups is 2. The fraction of sp³-hybridized carbons (Fsp3) is 0.286. The Bertz CT molecular complexity index is 1470. The Labute approximate surface area is 218 Å². The first kappa shape index (κ1) is 24.8. The summed E-state index contributed by atoms with van der Waals surface area (Å²) in [5.41, 5.74) is -1.54. The summed E-state index contributed by atoms with van der Waals surface area (Å²) in [4.78, 5) is 1.09. The molecular weight excluding hydrogens is 530 g/mol. The van der Waals surface area contributed by atoms with Crippen LogP contribution >= 0.6 is 23.5 Å². The quantitative estimate of drug-likeness (QED) is 0.354. The molecule has 0 N–H and O–H groups in total. The van der Waals surface area contributed by atoms with Crippen LogP contribution in [0.2, 0.25) is 0 Å². The maximum Gasteiger partial charge on any atom is 0.380 e. The Morgan fingerprint density at radius 1 is 0.649 bits per heavy atom. The number of benzene rings is 2. The number of rotatable bonds is 3. The molecule has 6 rings (SSSR count). The molecule has 192 valence electrons. The molecule has 2 aromatic rings. The molecule has 2 unspecified atom stereocenters. The molecule has 0 saturated heterocycles. The van der Waals surface area contributed by atoms with Crippen LogP contribution in [-0.4, -0.2) is 34.4 Å². The zero-order chi connectivity index (χ0) is 26.6. The molecule has 2 heterocycles. The molecule has 9 heteroatoms. The molecule has 2 aromatic carbocycles. The number of hydrogen-bond acceptors (Lipinski definition) is 3. The number of ether oxygens (including phenoxy) is 1. The third kappa shape index (κ3) is 2.93. The molecule has 2 atom stereocenters. The largest absolute Gasteiger partial charge is 0.497 e. The molecule has 4 aliphatic rings. The fourth-order valence-corrected chi connectivity index (χ4v) is 8.71. The molecule has 0 spiro atoms. The second-order valence-corrected chi connectivity index (χ2v) is 12.6. The van der Waals surface area contributed by atoms with E-state index in [9.17, 15) is 8.78 Å². The van der Waals surface area contributed by atoms with Crippen molar-refractivity contribution >= 4 is 33.3 Å². The third-order valence-corrected chi connectivity index (χ3v) is 11.1. The van der Waals surface area contributed by atoms with Crippen LogP contribution in [0.3, 0.4) is 0 Å². The van der Waals surface area contributed by atoms with Crippen molar-refractivity contribution < 1.29 is 31.1 Å². The Morgan fingerprint density at radius 2 is 1.14 bits per heavy atom. The summed E-state index contributed by atoms with van der Waals surface area (Å²) in [6, 6.07) is 15.8. The number of alkyl halides is 6. The monoisotopic (exact) mass is 550 g/mol. The van der Waals surface area contributed by atoms with Crippen molar-refractivity contribution in [2.75, 3.05) is 7.11 Å². The van der Waals surface area contributed by atoms with Crippen molar-refractivity contribution in [1.29, 1.82) is 0 Å². The Kier molecular flexibility index (Phi) is 5.05. The Balaban J connectivity index is 1.65. The number of allylic oxidation sites excluding steroid dienone is 4. The van der Waals surface area contributed by atoms with E-state index >= 15 is 17.6 Å². The second-order valence-electron chi connectivity index (χ2n) is 9.69. The molecule has 0 bridgehead atoms. The van der Waals surface area contributed by atoms with Gasteiger partial charge in [0.1, 0.15) is 5.75 Å². The van der Waals surface area contributed by atoms with Crippen LogP contribution in [0.1, 0.15) is 25.0 Å². The number of halogens is 6. The Hall–Kier alpha value is -2.52. The molecule has 1 saturated carbocycles. The van der Waals surface area contributed by atoms with Gasteiger partial charge in [0.25, 0.3) is 0 Å². The van der Waals surface area contributed by atoms with E-state index in [-0.39, 0.29) is 11.1 Å². The molecule has 1 nitrogen and oxygen atoms in total. The Morgan fingerprint density at radius 3 is 1.65 bits per heavy atom. The van der Waals surface area contributed by atoms with E-state index < -0.39 is 38.4 Å². The van der Waals surface area contributed by atoms with E-state index in [4.69, 9.17) is 4.74 Å². The topological polar surface area (TPSA) is 9.23 Å². The van der Waals surface area contributed by atoms with E-state index in [1.165, 1.54) is 42.8 Å². The lowest BCUT2D eigenvalue weighted by atomic mass is 9.71. The summed E-state index contributed by atoms with van der Waals surface area (Å²) in [6.07, 6.45) is 2.77. The van der Waals surface area contributed by atoms with Gasteiger partial charge in [-0.1, -0.05) is 42.5 Å². The van der Waals surface area contributed by atoms with Crippen LogP contribution in [0.15, 0.2) is 89.0 Å². The number of fused-ring (bicyclic) bond motifs is 4. The van der Waals surface area contributed by atoms with Crippen molar-refractivity contribution in [2.24, 2.45) is 0 Å². The summed E-state index contributed by atoms with van der Waals surface area (Å²) in [5, 5.41) is 0. The van der Waals surface area contributed by atoms with E-state index in [2.05, 4.69) is 0 Å². The molecular formula is C28H20F6OS2. The van der Waals surface area contributed by atoms with Crippen molar-refractivity contribution in [3.8, 4) is 5.75 Å². The van der Waals surface area contributed by atoms with Gasteiger partial charge in [-0.25, -0.2) is 0 Å². The minimum absolute atomic E-state index is 0.174. The van der Waals surface area contributed by atoms with Crippen molar-refractivity contribution in [3.63, 3.8) is 0 Å². The zero-order valence-corrected chi connectivity index (χ0v) is 21.5. The highest BCUT2D eigenvalue weighted by Gasteiger charge is 2.84. The van der Waals surface area contributed by atoms with E-state index in [1.54, 1.807) is 68.4 Å². The summed E-state index contributed by atoms with van der Waals surface area (Å²) >= 11 is 2.48. The van der Waals surface area contributed by atoms with Gasteiger partial charge in [-0.15, -0.1) is 23.5 Å². The highest BCUT2D eigenvalue weighted by Crippen LogP contribution is 2.75. The van der Waals surface area contributed by atoms with Gasteiger partial charge in [0.05, 0.1) is 16.6 Å². The minimum atomic E-state index is -5.57. The third-order valence-electron chi connectivity index (χ3n) is 7.74. The van der Waals surface area contributed by atoms with Crippen LogP contribution in [0.25, 0.3) is 9.81 Å². The minimum Gasteiger partial charge on any atom is -0.497 e. The van der Waals surface area contributed by atoms with Gasteiger partial charge < -0.3 is 4.74 Å². The van der Waals surface area contributed by atoms with Gasteiger partial charge >= 0.3 is 17.8 Å². The highest BCUT2D eigenvalue weighted by molar-refractivity contribution is 8.14. The van der Waals surface area contributed by atoms with E-state index in [1.807, 2.05) is 0 Å². The molecule has 2 aliphatic carbocycles. The molecule has 37 heavy (non-hydrogen) atoms. The van der Waals surface area contributed by atoms with Gasteiger partial charge in [0.2, 0.25) is 0 Å². The summed E-state index contributed by atoms with van der Waals surface area (Å²) in [6.45, 7) is 3.36. The summed E-state index contributed by atoms with van der Waals surface area (Å²) < 4.78 is 94.1. The van der Waals surface area contributed by atoms with Crippen molar-refractivity contribution in [1.82, 2.24) is 0 Å². The van der Waals surface area contributed by atoms with Crippen LogP contribution in [0, 0.1) is 0 Å².